The zero-order valence-corrected chi connectivity index (χ0v) is 12.9. The average molecular weight is 392 g/mol. The van der Waals surface area contributed by atoms with Gasteiger partial charge in [0.2, 0.25) is 0 Å². The Bertz CT molecular complexity index is 404. The van der Waals surface area contributed by atoms with Crippen LogP contribution in [-0.2, 0) is 0 Å². The van der Waals surface area contributed by atoms with Crippen LogP contribution >= 0.6 is 38.5 Å². The molecule has 0 atom stereocenters. The predicted molar refractivity (Wildman–Crippen MR) is 80.0 cm³/mol. The van der Waals surface area contributed by atoms with Crippen LogP contribution in [0.2, 0.25) is 0 Å². The van der Waals surface area contributed by atoms with Crippen molar-refractivity contribution in [3.05, 3.63) is 26.2 Å². The number of rotatable bonds is 1. The van der Waals surface area contributed by atoms with Crippen molar-refractivity contribution in [2.45, 2.75) is 25.7 Å². The Labute approximate surface area is 119 Å². The first-order valence-electron chi connectivity index (χ1n) is 5.89. The van der Waals surface area contributed by atoms with Crippen LogP contribution in [0.15, 0.2) is 22.7 Å². The Morgan fingerprint density at radius 2 is 1.81 bits per heavy atom. The lowest BCUT2D eigenvalue weighted by molar-refractivity contribution is 0.384. The lowest BCUT2D eigenvalue weighted by atomic mass is 9.93. The largest absolute Gasteiger partial charge is 0.371 e. The molecule has 1 spiro atoms. The van der Waals surface area contributed by atoms with Crippen LogP contribution < -0.4 is 4.90 Å². The van der Waals surface area contributed by atoms with Crippen molar-refractivity contribution in [2.75, 3.05) is 18.0 Å². The minimum Gasteiger partial charge on any atom is -0.371 e. The van der Waals surface area contributed by atoms with Gasteiger partial charge in [-0.05, 0) is 71.9 Å². The van der Waals surface area contributed by atoms with E-state index in [1.807, 2.05) is 0 Å². The van der Waals surface area contributed by atoms with Crippen molar-refractivity contribution < 1.29 is 0 Å². The molecule has 0 bridgehead atoms. The van der Waals surface area contributed by atoms with Gasteiger partial charge in [0.15, 0.2) is 0 Å². The van der Waals surface area contributed by atoms with Crippen molar-refractivity contribution in [1.82, 2.24) is 0 Å². The third kappa shape index (κ3) is 2.13. The molecule has 16 heavy (non-hydrogen) atoms. The summed E-state index contributed by atoms with van der Waals surface area (Å²) in [5.74, 6) is 0. The summed E-state index contributed by atoms with van der Waals surface area (Å²) < 4.78 is 2.56. The van der Waals surface area contributed by atoms with Gasteiger partial charge < -0.3 is 4.90 Å². The Morgan fingerprint density at radius 1 is 1.12 bits per heavy atom. The second-order valence-electron chi connectivity index (χ2n) is 5.08. The zero-order valence-electron chi connectivity index (χ0n) is 9.18. The quantitative estimate of drug-likeness (QED) is 0.640. The van der Waals surface area contributed by atoms with Crippen molar-refractivity contribution in [2.24, 2.45) is 5.41 Å². The van der Waals surface area contributed by atoms with Crippen LogP contribution in [-0.4, -0.2) is 13.1 Å². The van der Waals surface area contributed by atoms with Crippen LogP contribution in [0.4, 0.5) is 5.69 Å². The van der Waals surface area contributed by atoms with Gasteiger partial charge in [-0.1, -0.05) is 15.9 Å². The van der Waals surface area contributed by atoms with Gasteiger partial charge in [0.25, 0.3) is 0 Å². The summed E-state index contributed by atoms with van der Waals surface area (Å²) in [6.45, 7) is 2.49. The van der Waals surface area contributed by atoms with Crippen molar-refractivity contribution >= 4 is 44.2 Å². The lowest BCUT2D eigenvalue weighted by Crippen LogP contribution is -2.34. The van der Waals surface area contributed by atoms with Gasteiger partial charge in [0.05, 0.1) is 5.69 Å². The molecule has 3 heteroatoms. The van der Waals surface area contributed by atoms with Crippen molar-refractivity contribution in [1.29, 1.82) is 0 Å². The molecule has 3 rings (SSSR count). The summed E-state index contributed by atoms with van der Waals surface area (Å²) in [5.41, 5.74) is 2.18. The summed E-state index contributed by atoms with van der Waals surface area (Å²) >= 11 is 6.01. The molecule has 0 aromatic heterocycles. The second-order valence-corrected chi connectivity index (χ2v) is 7.16. The summed E-state index contributed by atoms with van der Waals surface area (Å²) in [6, 6.07) is 6.58. The third-order valence-corrected chi connectivity index (χ3v) is 5.44. The summed E-state index contributed by atoms with van der Waals surface area (Å²) in [7, 11) is 0. The molecule has 1 aromatic rings. The molecular weight excluding hydrogens is 377 g/mol. The molecule has 0 N–H and O–H groups in total. The number of piperidine rings is 1. The monoisotopic (exact) mass is 391 g/mol. The summed E-state index contributed by atoms with van der Waals surface area (Å²) in [6.07, 6.45) is 5.76. The molecule has 1 aliphatic heterocycles. The highest BCUT2D eigenvalue weighted by atomic mass is 127. The van der Waals surface area contributed by atoms with Gasteiger partial charge in [-0.3, -0.25) is 0 Å². The second kappa shape index (κ2) is 4.16. The van der Waals surface area contributed by atoms with Crippen molar-refractivity contribution in [3.63, 3.8) is 0 Å². The van der Waals surface area contributed by atoms with Crippen LogP contribution in [0.5, 0.6) is 0 Å². The van der Waals surface area contributed by atoms with Gasteiger partial charge >= 0.3 is 0 Å². The lowest BCUT2D eigenvalue weighted by Gasteiger charge is -2.34. The molecule has 0 unspecified atom stereocenters. The summed E-state index contributed by atoms with van der Waals surface area (Å²) in [4.78, 5) is 2.55. The van der Waals surface area contributed by atoms with Gasteiger partial charge in [0.1, 0.15) is 0 Å². The number of nitrogens with zero attached hydrogens (tertiary/aromatic N) is 1. The first-order valence-corrected chi connectivity index (χ1v) is 7.76. The van der Waals surface area contributed by atoms with Gasteiger partial charge in [-0.2, -0.15) is 0 Å². The first-order chi connectivity index (χ1) is 7.69. The van der Waals surface area contributed by atoms with E-state index in [4.69, 9.17) is 0 Å². The van der Waals surface area contributed by atoms with Gasteiger partial charge in [-0.15, -0.1) is 0 Å². The van der Waals surface area contributed by atoms with E-state index in [1.165, 1.54) is 52.5 Å². The fraction of sp³-hybridized carbons (Fsp3) is 0.538. The van der Waals surface area contributed by atoms with Crippen LogP contribution in [0, 0.1) is 8.99 Å². The minimum absolute atomic E-state index is 0.772. The molecule has 0 radical (unpaired) electrons. The highest BCUT2D eigenvalue weighted by Gasteiger charge is 2.44. The van der Waals surface area contributed by atoms with Crippen molar-refractivity contribution in [3.8, 4) is 0 Å². The number of halogens is 2. The number of hydrogen-bond donors (Lipinski definition) is 0. The topological polar surface area (TPSA) is 3.24 Å². The molecule has 1 aliphatic carbocycles. The van der Waals surface area contributed by atoms with E-state index in [0.717, 1.165) is 5.41 Å². The number of benzene rings is 1. The highest BCUT2D eigenvalue weighted by Crippen LogP contribution is 2.54. The van der Waals surface area contributed by atoms with E-state index in [0.29, 0.717) is 0 Å². The molecule has 86 valence electrons. The third-order valence-electron chi connectivity index (χ3n) is 4.03. The molecule has 2 fully saturated rings. The van der Waals surface area contributed by atoms with E-state index < -0.39 is 0 Å². The normalized spacial score (nSPS) is 22.5. The number of anilines is 1. The van der Waals surface area contributed by atoms with Crippen LogP contribution in [0.25, 0.3) is 0 Å². The molecule has 1 aromatic carbocycles. The van der Waals surface area contributed by atoms with E-state index in [-0.39, 0.29) is 0 Å². The van der Waals surface area contributed by atoms with E-state index in [2.05, 4.69) is 61.6 Å². The Morgan fingerprint density at radius 3 is 2.44 bits per heavy atom. The Hall–Kier alpha value is 0.230. The van der Waals surface area contributed by atoms with E-state index in [1.54, 1.807) is 0 Å². The SMILES string of the molecule is Brc1ccc(I)c(N2CCC3(CC2)CC3)c1. The Balaban J connectivity index is 1.79. The highest BCUT2D eigenvalue weighted by molar-refractivity contribution is 14.1. The minimum atomic E-state index is 0.772. The average Bonchev–Trinajstić information content (AvgIpc) is 3.03. The maximum absolute atomic E-state index is 3.57. The van der Waals surface area contributed by atoms with E-state index >= 15 is 0 Å². The number of hydrogen-bond acceptors (Lipinski definition) is 1. The first kappa shape index (κ1) is 11.3. The molecule has 2 aliphatic rings. The van der Waals surface area contributed by atoms with Crippen LogP contribution in [0.3, 0.4) is 0 Å². The molecule has 1 heterocycles. The van der Waals surface area contributed by atoms with Crippen LogP contribution in [0.1, 0.15) is 25.7 Å². The predicted octanol–water partition coefficient (Wildman–Crippen LogP) is 4.43. The van der Waals surface area contributed by atoms with Gasteiger partial charge in [0, 0.05) is 21.1 Å². The maximum atomic E-state index is 3.57. The molecule has 1 saturated heterocycles. The fourth-order valence-electron chi connectivity index (χ4n) is 2.63. The summed E-state index contributed by atoms with van der Waals surface area (Å²) in [5, 5.41) is 0. The zero-order chi connectivity index (χ0) is 11.2. The standard InChI is InChI=1S/C13H15BrIN/c14-10-1-2-11(15)12(9-10)16-7-5-13(3-4-13)6-8-16/h1-2,9H,3-8H2. The fourth-order valence-corrected chi connectivity index (χ4v) is 3.65. The smallest absolute Gasteiger partial charge is 0.0513 e. The molecular formula is C13H15BrIN. The molecule has 0 amide bonds. The van der Waals surface area contributed by atoms with Gasteiger partial charge in [-0.25, -0.2) is 0 Å². The maximum Gasteiger partial charge on any atom is 0.0513 e. The molecule has 1 saturated carbocycles. The Kier molecular flexibility index (Phi) is 2.94. The molecule has 1 nitrogen and oxygen atoms in total. The van der Waals surface area contributed by atoms with E-state index in [9.17, 15) is 0 Å².